The topological polar surface area (TPSA) is 589 Å². The van der Waals surface area contributed by atoms with E-state index < -0.39 is 247 Å². The molecular formula is C42H69N3O33. The van der Waals surface area contributed by atoms with Crippen LogP contribution in [0.2, 0.25) is 0 Å². The van der Waals surface area contributed by atoms with Crippen LogP contribution in [-0.4, -0.2) is 331 Å². The molecule has 36 heteroatoms. The Balaban J connectivity index is 1.61. The molecule has 0 bridgehead atoms. The normalized spacial score (nSPS) is 42.8. The number of aliphatic hydroxyl groups excluding tert-OH is 17. The van der Waals surface area contributed by atoms with Crippen LogP contribution >= 0.6 is 0 Å². The number of rotatable bonds is 23. The van der Waals surface area contributed by atoms with Gasteiger partial charge in [0.15, 0.2) is 18.9 Å². The Kier molecular flexibility index (Phi) is 22.9. The molecule has 5 saturated heterocycles. The van der Waals surface area contributed by atoms with Crippen molar-refractivity contribution in [3.63, 3.8) is 0 Å². The van der Waals surface area contributed by atoms with Gasteiger partial charge in [0.1, 0.15) is 116 Å². The lowest BCUT2D eigenvalue weighted by molar-refractivity contribution is -0.401. The van der Waals surface area contributed by atoms with E-state index in [0.717, 1.165) is 13.8 Å². The Hall–Kier alpha value is -3.69. The smallest absolute Gasteiger partial charge is 0.364 e. The summed E-state index contributed by atoms with van der Waals surface area (Å²) in [7, 11) is 0. The van der Waals surface area contributed by atoms with Gasteiger partial charge in [0.05, 0.1) is 57.3 Å². The molecule has 0 aromatic heterocycles. The second kappa shape index (κ2) is 27.4. The minimum absolute atomic E-state index is 0.865. The highest BCUT2D eigenvalue weighted by molar-refractivity contribution is 5.78. The quantitative estimate of drug-likeness (QED) is 0.0452. The zero-order valence-corrected chi connectivity index (χ0v) is 41.3. The maximum Gasteiger partial charge on any atom is 0.364 e. The van der Waals surface area contributed by atoms with Crippen LogP contribution in [0, 0.1) is 0 Å². The molecule has 5 fully saturated rings. The van der Waals surface area contributed by atoms with Gasteiger partial charge in [-0.15, -0.1) is 0 Å². The van der Waals surface area contributed by atoms with Crippen molar-refractivity contribution in [3.8, 4) is 0 Å². The number of amides is 3. The van der Waals surface area contributed by atoms with Crippen LogP contribution in [0.25, 0.3) is 0 Å². The minimum atomic E-state index is -3.56. The average Bonchev–Trinajstić information content (AvgIpc) is 3.52. The predicted octanol–water partition coefficient (Wildman–Crippen LogP) is -14.1. The third-order valence-electron chi connectivity index (χ3n) is 13.6. The molecule has 0 unspecified atom stereocenters. The van der Waals surface area contributed by atoms with E-state index in [1.807, 2.05) is 5.32 Å². The molecule has 27 atom stereocenters. The van der Waals surface area contributed by atoms with Gasteiger partial charge >= 0.3 is 11.9 Å². The van der Waals surface area contributed by atoms with Crippen LogP contribution in [0.15, 0.2) is 0 Å². The molecule has 78 heavy (non-hydrogen) atoms. The summed E-state index contributed by atoms with van der Waals surface area (Å²) in [6.45, 7) is -5.55. The van der Waals surface area contributed by atoms with E-state index >= 15 is 0 Å². The number of aliphatic hydroxyl groups is 17. The van der Waals surface area contributed by atoms with E-state index in [4.69, 9.17) is 42.6 Å². The summed E-state index contributed by atoms with van der Waals surface area (Å²) in [5.41, 5.74) is 0. The first kappa shape index (κ1) is 65.1. The number of carboxylic acids is 2. The van der Waals surface area contributed by atoms with Gasteiger partial charge < -0.3 is 156 Å². The summed E-state index contributed by atoms with van der Waals surface area (Å²) in [6.07, 6.45) is -51.5. The van der Waals surface area contributed by atoms with Crippen molar-refractivity contribution >= 4 is 29.7 Å². The van der Waals surface area contributed by atoms with Gasteiger partial charge in [0.2, 0.25) is 17.7 Å². The van der Waals surface area contributed by atoms with Crippen molar-refractivity contribution in [1.82, 2.24) is 16.0 Å². The van der Waals surface area contributed by atoms with E-state index in [2.05, 4.69) is 10.6 Å². The van der Waals surface area contributed by atoms with Gasteiger partial charge in [-0.2, -0.15) is 0 Å². The fourth-order valence-electron chi connectivity index (χ4n) is 9.64. The van der Waals surface area contributed by atoms with Gasteiger partial charge in [0.25, 0.3) is 11.6 Å². The summed E-state index contributed by atoms with van der Waals surface area (Å²) < 4.78 is 51.3. The maximum absolute atomic E-state index is 13.7. The number of carbonyl (C=O) groups is 5. The first-order valence-electron chi connectivity index (χ1n) is 24.0. The Labute approximate surface area is 439 Å². The summed E-state index contributed by atoms with van der Waals surface area (Å²) in [6, 6.07) is -5.74. The van der Waals surface area contributed by atoms with E-state index in [0.29, 0.717) is 0 Å². The SMILES string of the molecule is CC(=O)N[C@H]1[C@H](O[C@@H]2[C@H](O[C@]3(C(=O)O)C[C@H](O)[C@@H](NC(C)=O)[C@H]([C@H](O)[C@@H](CO)O[C@]4(C(=O)O)C[C@H](O)[C@@H](NC(=O)CO)[C@H]([C@H](O)[C@H](O)CO)O4)O3)[C@@H](O)[C@H](O[C@H]3[C@H](O)[C@@H](O)[C@H](O)O[C@@H]3CO)O[C@@H]2CO)O[C@H](CO)[C@H](O)[C@@H]1O. The molecule has 0 radical (unpaired) electrons. The standard InChI is InChI=1S/C42H69N3O33/c1-11(52)43-21-13(54)4-42(40(68)69,77-34(21)26(60)17(7-48)75-41(39(66)67)3-14(55)22(45-20(57)10-51)33(76-41)24(58)15(56)5-46)78-35-30(64)38(73-31-18(8-49)70-36(65)29(63)28(31)62)72-19(9-50)32(35)74-37-23(44-12(2)53)27(61)25(59)16(6-47)71-37/h13-19,21-38,46-51,54-56,58-65H,3-10H2,1-2H3,(H,43,52)(H,44,53)(H,45,57)(H,66,67)(H,68,69)/t13-,14-,15+,16+,17+,18+,19+,21+,22+,23+,24+,25-,26+,27+,28+,29+,30+,31+,32-,33+,34+,35+,36+,37-,38-,41+,42-/m0/s1. The van der Waals surface area contributed by atoms with Gasteiger partial charge in [0, 0.05) is 26.7 Å². The highest BCUT2D eigenvalue weighted by Gasteiger charge is 2.63. The average molecular weight is 1140 g/mol. The maximum atomic E-state index is 13.7. The second-order valence-electron chi connectivity index (χ2n) is 19.0. The number of hydrogen-bond donors (Lipinski definition) is 22. The number of carboxylic acid groups (broad SMARTS) is 2. The van der Waals surface area contributed by atoms with Gasteiger partial charge in [-0.1, -0.05) is 0 Å². The second-order valence-corrected chi connectivity index (χ2v) is 19.0. The molecule has 3 amide bonds. The summed E-state index contributed by atoms with van der Waals surface area (Å²) >= 11 is 0. The molecular weight excluding hydrogens is 1070 g/mol. The van der Waals surface area contributed by atoms with Crippen LogP contribution < -0.4 is 16.0 Å². The molecule has 5 heterocycles. The fourth-order valence-corrected chi connectivity index (χ4v) is 9.64. The summed E-state index contributed by atoms with van der Waals surface area (Å²) in [4.78, 5) is 64.0. The molecule has 5 aliphatic heterocycles. The van der Waals surface area contributed by atoms with Crippen molar-refractivity contribution in [2.45, 2.75) is 191 Å². The third kappa shape index (κ3) is 14.0. The number of ether oxygens (including phenoxy) is 9. The molecule has 0 aliphatic carbocycles. The molecule has 0 aromatic carbocycles. The first-order valence-corrected chi connectivity index (χ1v) is 24.0. The minimum Gasteiger partial charge on any atom is -0.477 e. The van der Waals surface area contributed by atoms with Crippen molar-refractivity contribution in [3.05, 3.63) is 0 Å². The third-order valence-corrected chi connectivity index (χ3v) is 13.6. The molecule has 5 aliphatic rings. The largest absolute Gasteiger partial charge is 0.477 e. The molecule has 0 aromatic rings. The Morgan fingerprint density at radius 3 is 1.58 bits per heavy atom. The van der Waals surface area contributed by atoms with Crippen LogP contribution in [0.3, 0.4) is 0 Å². The van der Waals surface area contributed by atoms with Gasteiger partial charge in [-0.25, -0.2) is 9.59 Å². The van der Waals surface area contributed by atoms with Gasteiger partial charge in [-0.05, 0) is 0 Å². The van der Waals surface area contributed by atoms with Crippen molar-refractivity contribution in [2.75, 3.05) is 39.6 Å². The fraction of sp³-hybridized carbons (Fsp3) is 0.881. The number of hydrogen-bond acceptors (Lipinski definition) is 31. The van der Waals surface area contributed by atoms with Crippen molar-refractivity contribution in [1.29, 1.82) is 0 Å². The van der Waals surface area contributed by atoms with E-state index in [-0.39, 0.29) is 0 Å². The number of nitrogens with one attached hydrogen (secondary N) is 3. The van der Waals surface area contributed by atoms with Crippen LogP contribution in [-0.2, 0) is 66.6 Å². The Bertz CT molecular complexity index is 2020. The van der Waals surface area contributed by atoms with Crippen LogP contribution in [0.5, 0.6) is 0 Å². The van der Waals surface area contributed by atoms with E-state index in [9.17, 15) is 121 Å². The molecule has 36 nitrogen and oxygen atoms in total. The predicted molar refractivity (Wildman–Crippen MR) is 237 cm³/mol. The van der Waals surface area contributed by atoms with Crippen molar-refractivity contribution in [2.24, 2.45) is 0 Å². The lowest BCUT2D eigenvalue weighted by Crippen LogP contribution is -2.72. The zero-order chi connectivity index (χ0) is 58.5. The number of carbonyl (C=O) groups excluding carboxylic acids is 3. The summed E-state index contributed by atoms with van der Waals surface area (Å²) in [5.74, 6) is -14.6. The first-order chi connectivity index (χ1) is 36.6. The Morgan fingerprint density at radius 1 is 0.551 bits per heavy atom. The molecule has 450 valence electrons. The van der Waals surface area contributed by atoms with E-state index in [1.54, 1.807) is 0 Å². The molecule has 5 rings (SSSR count). The zero-order valence-electron chi connectivity index (χ0n) is 41.3. The monoisotopic (exact) mass is 1140 g/mol. The lowest BCUT2D eigenvalue weighted by Gasteiger charge is -2.52. The highest BCUT2D eigenvalue weighted by atomic mass is 16.8. The number of aliphatic carboxylic acids is 2. The Morgan fingerprint density at radius 2 is 1.05 bits per heavy atom. The molecule has 0 spiro atoms. The van der Waals surface area contributed by atoms with Gasteiger partial charge in [-0.3, -0.25) is 14.4 Å². The van der Waals surface area contributed by atoms with Crippen molar-refractivity contribution < 1.29 is 164 Å². The lowest BCUT2D eigenvalue weighted by atomic mass is 9.87. The van der Waals surface area contributed by atoms with Crippen LogP contribution in [0.4, 0.5) is 0 Å². The highest BCUT2D eigenvalue weighted by Crippen LogP contribution is 2.42. The molecule has 22 N–H and O–H groups in total. The van der Waals surface area contributed by atoms with Crippen LogP contribution in [0.1, 0.15) is 26.7 Å². The molecule has 0 saturated carbocycles. The summed E-state index contributed by atoms with van der Waals surface area (Å²) in [5, 5.41) is 210. The van der Waals surface area contributed by atoms with E-state index in [1.165, 1.54) is 0 Å².